The number of aromatic nitrogens is 1. The highest BCUT2D eigenvalue weighted by Gasteiger charge is 2.32. The minimum absolute atomic E-state index is 0.229. The van der Waals surface area contributed by atoms with Crippen molar-refractivity contribution in [2.24, 2.45) is 11.1 Å². The van der Waals surface area contributed by atoms with Crippen molar-refractivity contribution in [3.8, 4) is 0 Å². The van der Waals surface area contributed by atoms with Gasteiger partial charge < -0.3 is 15.2 Å². The summed E-state index contributed by atoms with van der Waals surface area (Å²) in [4.78, 5) is 2.58. The Labute approximate surface area is 116 Å². The van der Waals surface area contributed by atoms with E-state index in [0.717, 1.165) is 13.0 Å². The van der Waals surface area contributed by atoms with Crippen LogP contribution in [0.3, 0.4) is 0 Å². The number of hydrogen-bond acceptors (Lipinski definition) is 2. The van der Waals surface area contributed by atoms with E-state index in [1.807, 2.05) is 0 Å². The van der Waals surface area contributed by atoms with E-state index in [4.69, 9.17) is 5.73 Å². The van der Waals surface area contributed by atoms with Crippen molar-refractivity contribution in [1.29, 1.82) is 0 Å². The smallest absolute Gasteiger partial charge is 0.0350 e. The van der Waals surface area contributed by atoms with Gasteiger partial charge >= 0.3 is 0 Å². The van der Waals surface area contributed by atoms with Gasteiger partial charge in [-0.3, -0.25) is 0 Å². The largest absolute Gasteiger partial charge is 0.350 e. The van der Waals surface area contributed by atoms with Crippen molar-refractivity contribution in [1.82, 2.24) is 9.47 Å². The molecule has 1 aromatic heterocycles. The number of fused-ring (bicyclic) bond motifs is 1. The zero-order valence-electron chi connectivity index (χ0n) is 12.4. The van der Waals surface area contributed by atoms with E-state index < -0.39 is 0 Å². The molecule has 0 radical (unpaired) electrons. The Bertz CT molecular complexity index is 441. The summed E-state index contributed by atoms with van der Waals surface area (Å²) in [6.45, 7) is 9.57. The minimum Gasteiger partial charge on any atom is -0.350 e. The summed E-state index contributed by atoms with van der Waals surface area (Å²) in [5.41, 5.74) is 9.55. The molecule has 1 fully saturated rings. The van der Waals surface area contributed by atoms with Gasteiger partial charge in [-0.1, -0.05) is 13.8 Å². The molecule has 1 aliphatic carbocycles. The topological polar surface area (TPSA) is 34.2 Å². The second-order valence-corrected chi connectivity index (χ2v) is 7.11. The molecule has 0 amide bonds. The molecular weight excluding hydrogens is 234 g/mol. The maximum Gasteiger partial charge on any atom is 0.0350 e. The Morgan fingerprint density at radius 1 is 1.26 bits per heavy atom. The molecular formula is C16H27N3. The fourth-order valence-electron chi connectivity index (χ4n) is 3.76. The quantitative estimate of drug-likeness (QED) is 0.907. The van der Waals surface area contributed by atoms with Crippen LogP contribution in [-0.2, 0) is 13.0 Å². The maximum atomic E-state index is 6.33. The minimum atomic E-state index is 0.229. The van der Waals surface area contributed by atoms with Gasteiger partial charge in [0.25, 0.3) is 0 Å². The lowest BCUT2D eigenvalue weighted by Gasteiger charge is -2.34. The van der Waals surface area contributed by atoms with Gasteiger partial charge in [-0.25, -0.2) is 0 Å². The Morgan fingerprint density at radius 3 is 2.74 bits per heavy atom. The summed E-state index contributed by atoms with van der Waals surface area (Å²) in [5.74, 6) is 0. The summed E-state index contributed by atoms with van der Waals surface area (Å²) in [6, 6.07) is 2.48. The van der Waals surface area contributed by atoms with Crippen molar-refractivity contribution in [2.75, 3.05) is 19.6 Å². The van der Waals surface area contributed by atoms with Gasteiger partial charge in [0.05, 0.1) is 0 Å². The Morgan fingerprint density at radius 2 is 2.00 bits per heavy atom. The molecule has 1 unspecified atom stereocenters. The molecule has 19 heavy (non-hydrogen) atoms. The van der Waals surface area contributed by atoms with E-state index >= 15 is 0 Å². The second-order valence-electron chi connectivity index (χ2n) is 7.11. The van der Waals surface area contributed by atoms with Gasteiger partial charge in [-0.05, 0) is 55.8 Å². The molecule has 106 valence electrons. The van der Waals surface area contributed by atoms with Crippen molar-refractivity contribution in [3.05, 3.63) is 23.5 Å². The van der Waals surface area contributed by atoms with Gasteiger partial charge in [0.1, 0.15) is 0 Å². The molecule has 1 aromatic rings. The van der Waals surface area contributed by atoms with Crippen LogP contribution in [0, 0.1) is 5.41 Å². The van der Waals surface area contributed by atoms with E-state index in [1.54, 1.807) is 0 Å². The normalized spacial score (nSPS) is 26.6. The summed E-state index contributed by atoms with van der Waals surface area (Å²) in [5, 5.41) is 0. The van der Waals surface area contributed by atoms with Crippen LogP contribution in [0.4, 0.5) is 0 Å². The van der Waals surface area contributed by atoms with Crippen LogP contribution < -0.4 is 5.73 Å². The molecule has 2 N–H and O–H groups in total. The van der Waals surface area contributed by atoms with Crippen LogP contribution in [0.25, 0.3) is 0 Å². The fraction of sp³-hybridized carbons (Fsp3) is 0.750. The van der Waals surface area contributed by atoms with Crippen LogP contribution >= 0.6 is 0 Å². The standard InChI is InChI=1S/C16H27N3/c1-16(2)11-14(17)13-5-8-19(15(13)12-16)10-9-18-6-3-4-7-18/h5,8,14H,3-4,6-7,9-12,17H2,1-2H3. The lowest BCUT2D eigenvalue weighted by Crippen LogP contribution is -2.31. The lowest BCUT2D eigenvalue weighted by atomic mass is 9.74. The molecule has 0 spiro atoms. The highest BCUT2D eigenvalue weighted by molar-refractivity contribution is 5.30. The predicted octanol–water partition coefficient (Wildman–Crippen LogP) is 2.56. The Kier molecular flexibility index (Phi) is 3.44. The Hall–Kier alpha value is -0.800. The highest BCUT2D eigenvalue weighted by Crippen LogP contribution is 2.39. The first-order valence-corrected chi connectivity index (χ1v) is 7.71. The molecule has 3 nitrogen and oxygen atoms in total. The van der Waals surface area contributed by atoms with E-state index in [1.165, 1.54) is 50.2 Å². The maximum absolute atomic E-state index is 6.33. The number of nitrogens with zero attached hydrogens (tertiary/aromatic N) is 2. The Balaban J connectivity index is 1.73. The van der Waals surface area contributed by atoms with Crippen molar-refractivity contribution in [2.45, 2.75) is 52.1 Å². The lowest BCUT2D eigenvalue weighted by molar-refractivity contribution is 0.269. The van der Waals surface area contributed by atoms with Gasteiger partial charge in [0.15, 0.2) is 0 Å². The van der Waals surface area contributed by atoms with Crippen LogP contribution in [0.2, 0.25) is 0 Å². The average Bonchev–Trinajstić information content (AvgIpc) is 2.93. The zero-order chi connectivity index (χ0) is 13.5. The van der Waals surface area contributed by atoms with Crippen LogP contribution in [-0.4, -0.2) is 29.1 Å². The first-order chi connectivity index (χ1) is 9.05. The molecule has 3 heteroatoms. The molecule has 2 aliphatic rings. The molecule has 0 aromatic carbocycles. The van der Waals surface area contributed by atoms with Gasteiger partial charge in [-0.15, -0.1) is 0 Å². The van der Waals surface area contributed by atoms with E-state index in [2.05, 4.69) is 35.6 Å². The summed E-state index contributed by atoms with van der Waals surface area (Å²) in [6.07, 6.45) is 7.28. The zero-order valence-corrected chi connectivity index (χ0v) is 12.4. The number of hydrogen-bond donors (Lipinski definition) is 1. The molecule has 0 bridgehead atoms. The third-order valence-electron chi connectivity index (χ3n) is 4.79. The summed E-state index contributed by atoms with van der Waals surface area (Å²) < 4.78 is 2.45. The van der Waals surface area contributed by atoms with Crippen molar-refractivity contribution in [3.63, 3.8) is 0 Å². The van der Waals surface area contributed by atoms with Crippen LogP contribution in [0.1, 0.15) is 50.4 Å². The monoisotopic (exact) mass is 261 g/mol. The number of nitrogens with two attached hydrogens (primary N) is 1. The molecule has 1 saturated heterocycles. The van der Waals surface area contributed by atoms with E-state index in [9.17, 15) is 0 Å². The van der Waals surface area contributed by atoms with Gasteiger partial charge in [0, 0.05) is 31.0 Å². The first-order valence-electron chi connectivity index (χ1n) is 7.71. The number of rotatable bonds is 3. The second kappa shape index (κ2) is 4.95. The van der Waals surface area contributed by atoms with Gasteiger partial charge in [-0.2, -0.15) is 0 Å². The fourth-order valence-corrected chi connectivity index (χ4v) is 3.76. The highest BCUT2D eigenvalue weighted by atomic mass is 15.2. The molecule has 1 aliphatic heterocycles. The van der Waals surface area contributed by atoms with Crippen molar-refractivity contribution >= 4 is 0 Å². The van der Waals surface area contributed by atoms with Crippen LogP contribution in [0.5, 0.6) is 0 Å². The third kappa shape index (κ3) is 2.72. The summed E-state index contributed by atoms with van der Waals surface area (Å²) in [7, 11) is 0. The average molecular weight is 261 g/mol. The van der Waals surface area contributed by atoms with E-state index in [-0.39, 0.29) is 6.04 Å². The predicted molar refractivity (Wildman–Crippen MR) is 79.1 cm³/mol. The van der Waals surface area contributed by atoms with Crippen molar-refractivity contribution < 1.29 is 0 Å². The first kappa shape index (κ1) is 13.2. The van der Waals surface area contributed by atoms with E-state index in [0.29, 0.717) is 5.41 Å². The summed E-state index contributed by atoms with van der Waals surface area (Å²) >= 11 is 0. The molecule has 2 heterocycles. The number of likely N-dealkylation sites (tertiary alicyclic amines) is 1. The molecule has 1 atom stereocenters. The molecule has 3 rings (SSSR count). The van der Waals surface area contributed by atoms with Gasteiger partial charge in [0.2, 0.25) is 0 Å². The van der Waals surface area contributed by atoms with Crippen LogP contribution in [0.15, 0.2) is 12.3 Å². The SMILES string of the molecule is CC1(C)Cc2c(ccn2CCN2CCCC2)C(N)C1. The third-order valence-corrected chi connectivity index (χ3v) is 4.79. The molecule has 0 saturated carbocycles.